The standard InChI is InChI=1S/C15H22N2O/c1-4-7-15-8-9-16(2)14(15)17(3)13-6-5-11(18)10-12(13)15/h5-6,10,14,18H,4,7-9H2,1-3H3. The SMILES string of the molecule is CCCC12CCN(C)C1N(C)c1ccc(O)cc12. The zero-order valence-corrected chi connectivity index (χ0v) is 11.5. The zero-order valence-electron chi connectivity index (χ0n) is 11.5. The normalized spacial score (nSPS) is 30.6. The van der Waals surface area contributed by atoms with Crippen LogP contribution in [0.15, 0.2) is 18.2 Å². The van der Waals surface area contributed by atoms with Crippen LogP contribution < -0.4 is 4.90 Å². The second-order valence-corrected chi connectivity index (χ2v) is 5.82. The molecular formula is C15H22N2O. The van der Waals surface area contributed by atoms with Crippen LogP contribution in [0.3, 0.4) is 0 Å². The summed E-state index contributed by atoms with van der Waals surface area (Å²) in [5.74, 6) is 0.396. The van der Waals surface area contributed by atoms with Crippen LogP contribution in [-0.2, 0) is 5.41 Å². The molecule has 3 rings (SSSR count). The second-order valence-electron chi connectivity index (χ2n) is 5.82. The van der Waals surface area contributed by atoms with Crippen LogP contribution in [0, 0.1) is 0 Å². The summed E-state index contributed by atoms with van der Waals surface area (Å²) in [6.45, 7) is 3.40. The van der Waals surface area contributed by atoms with Gasteiger partial charge in [0.25, 0.3) is 0 Å². The summed E-state index contributed by atoms with van der Waals surface area (Å²) in [7, 11) is 4.39. The average Bonchev–Trinajstić information content (AvgIpc) is 2.77. The number of anilines is 1. The van der Waals surface area contributed by atoms with Gasteiger partial charge in [-0.3, -0.25) is 4.90 Å². The van der Waals surface area contributed by atoms with Gasteiger partial charge in [0.05, 0.1) is 6.17 Å². The summed E-state index contributed by atoms with van der Waals surface area (Å²) in [4.78, 5) is 4.84. The number of likely N-dealkylation sites (N-methyl/N-ethyl adjacent to an activating group) is 2. The van der Waals surface area contributed by atoms with Crippen molar-refractivity contribution >= 4 is 5.69 Å². The van der Waals surface area contributed by atoms with E-state index in [1.165, 1.54) is 30.5 Å². The minimum atomic E-state index is 0.215. The Morgan fingerprint density at radius 3 is 2.89 bits per heavy atom. The maximum absolute atomic E-state index is 9.82. The Hall–Kier alpha value is -1.22. The highest BCUT2D eigenvalue weighted by atomic mass is 16.3. The van der Waals surface area contributed by atoms with E-state index in [9.17, 15) is 5.11 Å². The summed E-state index contributed by atoms with van der Waals surface area (Å²) >= 11 is 0. The smallest absolute Gasteiger partial charge is 0.116 e. The van der Waals surface area contributed by atoms with Gasteiger partial charge in [-0.25, -0.2) is 0 Å². The van der Waals surface area contributed by atoms with Gasteiger partial charge in [-0.05, 0) is 43.7 Å². The number of hydrogen-bond donors (Lipinski definition) is 1. The first kappa shape index (κ1) is 11.8. The lowest BCUT2D eigenvalue weighted by molar-refractivity contribution is 0.246. The van der Waals surface area contributed by atoms with E-state index in [1.807, 2.05) is 6.07 Å². The molecule has 0 aromatic heterocycles. The van der Waals surface area contributed by atoms with Gasteiger partial charge in [-0.15, -0.1) is 0 Å². The summed E-state index contributed by atoms with van der Waals surface area (Å²) in [5, 5.41) is 9.82. The van der Waals surface area contributed by atoms with Crippen molar-refractivity contribution in [2.24, 2.45) is 0 Å². The Bertz CT molecular complexity index is 470. The summed E-state index contributed by atoms with van der Waals surface area (Å²) < 4.78 is 0. The van der Waals surface area contributed by atoms with Gasteiger partial charge in [0, 0.05) is 24.7 Å². The Morgan fingerprint density at radius 2 is 2.17 bits per heavy atom. The predicted molar refractivity (Wildman–Crippen MR) is 74.1 cm³/mol. The number of likely N-dealkylation sites (tertiary alicyclic amines) is 1. The Morgan fingerprint density at radius 1 is 1.39 bits per heavy atom. The number of fused-ring (bicyclic) bond motifs is 3. The molecule has 0 bridgehead atoms. The summed E-state index contributed by atoms with van der Waals surface area (Å²) in [6, 6.07) is 5.85. The molecule has 2 atom stereocenters. The Balaban J connectivity index is 2.17. The molecule has 2 aliphatic rings. The van der Waals surface area contributed by atoms with Crippen molar-refractivity contribution in [3.63, 3.8) is 0 Å². The maximum atomic E-state index is 9.82. The molecule has 98 valence electrons. The first-order chi connectivity index (χ1) is 8.60. The fraction of sp³-hybridized carbons (Fsp3) is 0.600. The molecule has 3 nitrogen and oxygen atoms in total. The number of phenols is 1. The molecule has 1 fully saturated rings. The third-order valence-electron chi connectivity index (χ3n) is 4.78. The number of hydrogen-bond acceptors (Lipinski definition) is 3. The minimum absolute atomic E-state index is 0.215. The molecule has 0 amide bonds. The van der Waals surface area contributed by atoms with Gasteiger partial charge in [-0.2, -0.15) is 0 Å². The fourth-order valence-electron chi connectivity index (χ4n) is 4.19. The molecule has 2 aliphatic heterocycles. The van der Waals surface area contributed by atoms with Crippen molar-refractivity contribution in [2.75, 3.05) is 25.5 Å². The van der Waals surface area contributed by atoms with Crippen LogP contribution >= 0.6 is 0 Å². The van der Waals surface area contributed by atoms with E-state index >= 15 is 0 Å². The largest absolute Gasteiger partial charge is 0.508 e. The lowest BCUT2D eigenvalue weighted by Gasteiger charge is -2.35. The first-order valence-corrected chi connectivity index (χ1v) is 6.87. The van der Waals surface area contributed by atoms with E-state index in [-0.39, 0.29) is 5.41 Å². The molecule has 3 heteroatoms. The minimum Gasteiger partial charge on any atom is -0.508 e. The Labute approximate surface area is 109 Å². The highest BCUT2D eigenvalue weighted by Gasteiger charge is 2.54. The van der Waals surface area contributed by atoms with Crippen LogP contribution in [-0.4, -0.2) is 36.8 Å². The molecule has 18 heavy (non-hydrogen) atoms. The highest BCUT2D eigenvalue weighted by molar-refractivity contribution is 5.66. The van der Waals surface area contributed by atoms with Crippen molar-refractivity contribution < 1.29 is 5.11 Å². The quantitative estimate of drug-likeness (QED) is 0.868. The van der Waals surface area contributed by atoms with E-state index in [1.54, 1.807) is 6.07 Å². The van der Waals surface area contributed by atoms with E-state index < -0.39 is 0 Å². The van der Waals surface area contributed by atoms with Crippen LogP contribution in [0.2, 0.25) is 0 Å². The number of benzene rings is 1. The van der Waals surface area contributed by atoms with Crippen molar-refractivity contribution in [2.45, 2.75) is 37.8 Å². The third-order valence-corrected chi connectivity index (χ3v) is 4.78. The van der Waals surface area contributed by atoms with Gasteiger partial charge in [0.1, 0.15) is 5.75 Å². The van der Waals surface area contributed by atoms with Crippen LogP contribution in [0.5, 0.6) is 5.75 Å². The average molecular weight is 246 g/mol. The molecular weight excluding hydrogens is 224 g/mol. The maximum Gasteiger partial charge on any atom is 0.116 e. The van der Waals surface area contributed by atoms with Crippen LogP contribution in [0.1, 0.15) is 31.7 Å². The van der Waals surface area contributed by atoms with Gasteiger partial charge in [-0.1, -0.05) is 13.3 Å². The van der Waals surface area contributed by atoms with Crippen LogP contribution in [0.4, 0.5) is 5.69 Å². The van der Waals surface area contributed by atoms with Crippen LogP contribution in [0.25, 0.3) is 0 Å². The van der Waals surface area contributed by atoms with E-state index in [0.29, 0.717) is 11.9 Å². The summed E-state index contributed by atoms with van der Waals surface area (Å²) in [5.41, 5.74) is 2.85. The van der Waals surface area contributed by atoms with Crippen molar-refractivity contribution in [3.8, 4) is 5.75 Å². The molecule has 0 spiro atoms. The number of phenolic OH excluding ortho intramolecular Hbond substituents is 1. The van der Waals surface area contributed by atoms with Crippen molar-refractivity contribution in [3.05, 3.63) is 23.8 Å². The summed E-state index contributed by atoms with van der Waals surface area (Å²) in [6.07, 6.45) is 4.04. The molecule has 2 heterocycles. The molecule has 1 saturated heterocycles. The van der Waals surface area contributed by atoms with E-state index in [0.717, 1.165) is 6.54 Å². The molecule has 1 N–H and O–H groups in total. The first-order valence-electron chi connectivity index (χ1n) is 6.87. The van der Waals surface area contributed by atoms with Gasteiger partial charge >= 0.3 is 0 Å². The van der Waals surface area contributed by atoms with Gasteiger partial charge in [0.2, 0.25) is 0 Å². The highest BCUT2D eigenvalue weighted by Crippen LogP contribution is 2.54. The van der Waals surface area contributed by atoms with Crippen molar-refractivity contribution in [1.82, 2.24) is 4.90 Å². The lowest BCUT2D eigenvalue weighted by atomic mass is 9.75. The molecule has 2 unspecified atom stereocenters. The monoisotopic (exact) mass is 246 g/mol. The molecule has 0 aliphatic carbocycles. The van der Waals surface area contributed by atoms with Crippen molar-refractivity contribution in [1.29, 1.82) is 0 Å². The second kappa shape index (κ2) is 3.89. The fourth-order valence-corrected chi connectivity index (χ4v) is 4.19. The number of nitrogens with zero attached hydrogens (tertiary/aromatic N) is 2. The molecule has 0 radical (unpaired) electrons. The van der Waals surface area contributed by atoms with Gasteiger partial charge in [0.15, 0.2) is 0 Å². The van der Waals surface area contributed by atoms with E-state index in [4.69, 9.17) is 0 Å². The number of rotatable bonds is 2. The number of aromatic hydroxyl groups is 1. The zero-order chi connectivity index (χ0) is 12.9. The molecule has 0 saturated carbocycles. The van der Waals surface area contributed by atoms with E-state index in [2.05, 4.69) is 36.9 Å². The lowest BCUT2D eigenvalue weighted by Crippen LogP contribution is -2.46. The molecule has 1 aromatic rings. The van der Waals surface area contributed by atoms with Gasteiger partial charge < -0.3 is 10.0 Å². The Kier molecular flexibility index (Phi) is 2.56. The molecule has 1 aromatic carbocycles. The predicted octanol–water partition coefficient (Wildman–Crippen LogP) is 2.54. The topological polar surface area (TPSA) is 26.7 Å². The third kappa shape index (κ3) is 1.34.